The van der Waals surface area contributed by atoms with E-state index in [0.717, 1.165) is 5.01 Å². The van der Waals surface area contributed by atoms with Crippen molar-refractivity contribution < 1.29 is 32.3 Å². The fourth-order valence-corrected chi connectivity index (χ4v) is 4.79. The average Bonchev–Trinajstić information content (AvgIpc) is 3.38. The quantitative estimate of drug-likeness (QED) is 0.541. The van der Waals surface area contributed by atoms with Gasteiger partial charge in [0.25, 0.3) is 11.8 Å². The highest BCUT2D eigenvalue weighted by molar-refractivity contribution is 6.19. The van der Waals surface area contributed by atoms with Crippen LogP contribution in [0.25, 0.3) is 0 Å². The van der Waals surface area contributed by atoms with Crippen LogP contribution in [0, 0.1) is 0 Å². The molecule has 1 aromatic rings. The summed E-state index contributed by atoms with van der Waals surface area (Å²) in [5.41, 5.74) is 1.95. The second-order valence-corrected chi connectivity index (χ2v) is 10.2. The number of likely N-dealkylation sites (tertiary alicyclic amines) is 1. The van der Waals surface area contributed by atoms with Crippen LogP contribution in [0.4, 0.5) is 18.0 Å². The summed E-state index contributed by atoms with van der Waals surface area (Å²) in [5.74, 6) is -2.68. The molecule has 3 amide bonds. The molecule has 4 rings (SSSR count). The molecule has 3 unspecified atom stereocenters. The maximum absolute atomic E-state index is 13.9. The van der Waals surface area contributed by atoms with Crippen molar-refractivity contribution in [1.82, 2.24) is 26.0 Å². The summed E-state index contributed by atoms with van der Waals surface area (Å²) < 4.78 is 47.1. The van der Waals surface area contributed by atoms with Crippen LogP contribution in [0.5, 0.6) is 0 Å². The maximum atomic E-state index is 13.9. The van der Waals surface area contributed by atoms with Crippen LogP contribution in [0.3, 0.4) is 0 Å². The van der Waals surface area contributed by atoms with Crippen LogP contribution in [0.2, 0.25) is 0 Å². The van der Waals surface area contributed by atoms with E-state index >= 15 is 0 Å². The number of carbonyl (C=O) groups excluding carboxylic acids is 3. The summed E-state index contributed by atoms with van der Waals surface area (Å²) in [4.78, 5) is 40.1. The predicted molar refractivity (Wildman–Crippen MR) is 123 cm³/mol. The third-order valence-electron chi connectivity index (χ3n) is 6.37. The van der Waals surface area contributed by atoms with Gasteiger partial charge in [-0.3, -0.25) is 9.59 Å². The Hall–Kier alpha value is -3.28. The third-order valence-corrected chi connectivity index (χ3v) is 6.37. The Morgan fingerprint density at radius 3 is 2.42 bits per heavy atom. The van der Waals surface area contributed by atoms with E-state index in [4.69, 9.17) is 4.74 Å². The Bertz CT molecular complexity index is 1070. The van der Waals surface area contributed by atoms with Gasteiger partial charge in [-0.25, -0.2) is 15.2 Å². The predicted octanol–water partition coefficient (Wildman–Crippen LogP) is 2.38. The first kappa shape index (κ1) is 25.8. The second-order valence-electron chi connectivity index (χ2n) is 10.2. The molecule has 0 bridgehead atoms. The Morgan fingerprint density at radius 1 is 1.14 bits per heavy atom. The lowest BCUT2D eigenvalue weighted by Gasteiger charge is -2.34. The molecule has 2 fully saturated rings. The molecular weight excluding hydrogens is 479 g/mol. The highest BCUT2D eigenvalue weighted by atomic mass is 19.4. The number of hydrogen-bond donors (Lipinski definition) is 3. The molecule has 12 heteroatoms. The molecule has 0 aromatic heterocycles. The summed E-state index contributed by atoms with van der Waals surface area (Å²) in [7, 11) is 0. The smallest absolute Gasteiger partial charge is 0.410 e. The molecule has 3 aliphatic heterocycles. The Morgan fingerprint density at radius 2 is 1.81 bits per heavy atom. The zero-order valence-corrected chi connectivity index (χ0v) is 20.5. The van der Waals surface area contributed by atoms with Crippen molar-refractivity contribution in [1.29, 1.82) is 0 Å². The maximum Gasteiger partial charge on any atom is 0.410 e. The Labute approximate surface area is 207 Å². The van der Waals surface area contributed by atoms with Crippen molar-refractivity contribution >= 4 is 17.9 Å². The molecule has 0 aliphatic carbocycles. The van der Waals surface area contributed by atoms with Crippen LogP contribution in [-0.4, -0.2) is 70.9 Å². The monoisotopic (exact) mass is 509 g/mol. The summed E-state index contributed by atoms with van der Waals surface area (Å²) in [5, 5.41) is 6.54. The Kier molecular flexibility index (Phi) is 6.67. The van der Waals surface area contributed by atoms with Crippen molar-refractivity contribution in [3.8, 4) is 0 Å². The fraction of sp³-hybridized carbons (Fsp3) is 0.542. The molecule has 3 heterocycles. The third kappa shape index (κ3) is 5.13. The van der Waals surface area contributed by atoms with Crippen LogP contribution >= 0.6 is 0 Å². The van der Waals surface area contributed by atoms with Gasteiger partial charge in [-0.1, -0.05) is 30.3 Å². The standard InChI is InChI=1S/C24H30F3N5O4/c1-13-16(20(33)29-15-10-11-31(12-15)22(35)36-23(2,3)4)21(34)32-19(28-13)17(14-8-6-5-7-9-14)18(30-32)24(25,26)27/h5-9,15,17-19,28,30H,10-12H2,1-4H3,(H,29,33)/t15-,17?,18?,19?/m0/s1. The molecule has 3 aliphatic rings. The molecule has 0 saturated carbocycles. The van der Waals surface area contributed by atoms with Gasteiger partial charge in [0.2, 0.25) is 0 Å². The molecule has 196 valence electrons. The van der Waals surface area contributed by atoms with Crippen molar-refractivity contribution in [3.63, 3.8) is 0 Å². The number of fused-ring (bicyclic) bond motifs is 1. The summed E-state index contributed by atoms with van der Waals surface area (Å²) >= 11 is 0. The minimum absolute atomic E-state index is 0.186. The highest BCUT2D eigenvalue weighted by Crippen LogP contribution is 2.41. The lowest BCUT2D eigenvalue weighted by molar-refractivity contribution is -0.161. The van der Waals surface area contributed by atoms with Crippen LogP contribution in [0.15, 0.2) is 41.6 Å². The molecule has 36 heavy (non-hydrogen) atoms. The normalized spacial score (nSPS) is 26.6. The zero-order valence-electron chi connectivity index (χ0n) is 20.5. The topological polar surface area (TPSA) is 103 Å². The minimum atomic E-state index is -4.63. The van der Waals surface area contributed by atoms with Gasteiger partial charge in [0.1, 0.15) is 23.4 Å². The van der Waals surface area contributed by atoms with Gasteiger partial charge in [0, 0.05) is 24.8 Å². The van der Waals surface area contributed by atoms with Gasteiger partial charge in [-0.05, 0) is 39.7 Å². The number of rotatable bonds is 3. The summed E-state index contributed by atoms with van der Waals surface area (Å²) in [6.07, 6.45) is -5.71. The van der Waals surface area contributed by atoms with Crippen LogP contribution in [-0.2, 0) is 14.3 Å². The van der Waals surface area contributed by atoms with Crippen molar-refractivity contribution in [2.75, 3.05) is 13.1 Å². The average molecular weight is 510 g/mol. The molecule has 2 saturated heterocycles. The van der Waals surface area contributed by atoms with Crippen LogP contribution < -0.4 is 16.1 Å². The second kappa shape index (κ2) is 9.30. The number of ether oxygens (including phenoxy) is 1. The summed E-state index contributed by atoms with van der Waals surface area (Å²) in [6, 6.07) is 5.69. The number of allylic oxidation sites excluding steroid dienone is 1. The SMILES string of the molecule is CC1=C(C(=O)N[C@H]2CCN(C(=O)OC(C)(C)C)C2)C(=O)N2NC(C(F)(F)F)C(c3ccccc3)C2N1. The Balaban J connectivity index is 1.50. The van der Waals surface area contributed by atoms with E-state index in [9.17, 15) is 27.6 Å². The fourth-order valence-electron chi connectivity index (χ4n) is 4.79. The number of hydrogen-bond acceptors (Lipinski definition) is 6. The van der Waals surface area contributed by atoms with E-state index in [1.165, 1.54) is 11.8 Å². The van der Waals surface area contributed by atoms with Gasteiger partial charge in [0.15, 0.2) is 0 Å². The van der Waals surface area contributed by atoms with E-state index in [-0.39, 0.29) is 17.8 Å². The van der Waals surface area contributed by atoms with Crippen molar-refractivity contribution in [3.05, 3.63) is 47.2 Å². The van der Waals surface area contributed by atoms with Crippen LogP contribution in [0.1, 0.15) is 45.6 Å². The van der Waals surface area contributed by atoms with E-state index in [1.54, 1.807) is 51.1 Å². The first-order valence-corrected chi connectivity index (χ1v) is 11.7. The molecule has 9 nitrogen and oxygen atoms in total. The first-order valence-electron chi connectivity index (χ1n) is 11.7. The lowest BCUT2D eigenvalue weighted by atomic mass is 9.89. The lowest BCUT2D eigenvalue weighted by Crippen LogP contribution is -2.57. The number of alkyl halides is 3. The van der Waals surface area contributed by atoms with Gasteiger partial charge < -0.3 is 20.3 Å². The van der Waals surface area contributed by atoms with Gasteiger partial charge in [-0.2, -0.15) is 13.2 Å². The first-order chi connectivity index (χ1) is 16.8. The number of amides is 3. The highest BCUT2D eigenvalue weighted by Gasteiger charge is 2.58. The van der Waals surface area contributed by atoms with Gasteiger partial charge in [0.05, 0.1) is 5.92 Å². The number of nitrogens with zero attached hydrogens (tertiary/aromatic N) is 2. The minimum Gasteiger partial charge on any atom is -0.444 e. The zero-order chi connectivity index (χ0) is 26.4. The van der Waals surface area contributed by atoms with Crippen molar-refractivity contribution in [2.45, 2.75) is 70.1 Å². The number of halogens is 3. The molecule has 0 spiro atoms. The molecular formula is C24H30F3N5O4. The van der Waals surface area contributed by atoms with Gasteiger partial charge in [-0.15, -0.1) is 0 Å². The van der Waals surface area contributed by atoms with Crippen molar-refractivity contribution in [2.24, 2.45) is 0 Å². The largest absolute Gasteiger partial charge is 0.444 e. The molecule has 0 radical (unpaired) electrons. The number of hydrazine groups is 1. The number of benzene rings is 1. The summed E-state index contributed by atoms with van der Waals surface area (Å²) in [6.45, 7) is 7.32. The molecule has 3 N–H and O–H groups in total. The van der Waals surface area contributed by atoms with Gasteiger partial charge >= 0.3 is 12.3 Å². The number of nitrogens with one attached hydrogen (secondary N) is 3. The van der Waals surface area contributed by atoms with E-state index in [1.807, 2.05) is 0 Å². The molecule has 4 atom stereocenters. The van der Waals surface area contributed by atoms with E-state index in [2.05, 4.69) is 16.1 Å². The molecule has 1 aromatic carbocycles. The van der Waals surface area contributed by atoms with E-state index < -0.39 is 53.9 Å². The number of carbonyl (C=O) groups is 3. The van der Waals surface area contributed by atoms with E-state index in [0.29, 0.717) is 18.5 Å².